The predicted molar refractivity (Wildman–Crippen MR) is 61.7 cm³/mol. The van der Waals surface area contributed by atoms with E-state index in [4.69, 9.17) is 9.84 Å². The van der Waals surface area contributed by atoms with E-state index in [0.717, 1.165) is 18.4 Å². The maximum atomic E-state index is 10.3. The molecule has 86 valence electrons. The van der Waals surface area contributed by atoms with Crippen molar-refractivity contribution in [3.63, 3.8) is 0 Å². The minimum atomic E-state index is -0.800. The summed E-state index contributed by atoms with van der Waals surface area (Å²) in [6.45, 7) is 2.06. The van der Waals surface area contributed by atoms with Gasteiger partial charge in [0, 0.05) is 12.6 Å². The summed E-state index contributed by atoms with van der Waals surface area (Å²) in [5, 5.41) is 8.46. The first kappa shape index (κ1) is 11.6. The van der Waals surface area contributed by atoms with E-state index in [1.165, 1.54) is 17.4 Å². The first-order valence-corrected chi connectivity index (χ1v) is 6.92. The molecule has 6 heteroatoms. The second-order valence-corrected chi connectivity index (χ2v) is 5.25. The molecular formula is C9H15NO3S2. The molecule has 1 aliphatic heterocycles. The molecule has 2 fully saturated rings. The number of hydrogen-bond donors (Lipinski definition) is 2. The van der Waals surface area contributed by atoms with Gasteiger partial charge in [-0.05, 0) is 29.2 Å². The Labute approximate surface area is 98.3 Å². The van der Waals surface area contributed by atoms with Gasteiger partial charge < -0.3 is 9.84 Å². The molecule has 3 atom stereocenters. The number of aliphatic carboxylic acids is 1. The van der Waals surface area contributed by atoms with Crippen molar-refractivity contribution in [1.29, 1.82) is 0 Å². The van der Waals surface area contributed by atoms with Gasteiger partial charge in [-0.3, -0.25) is 4.79 Å². The van der Waals surface area contributed by atoms with Crippen LogP contribution in [0.15, 0.2) is 0 Å². The van der Waals surface area contributed by atoms with Crippen molar-refractivity contribution in [2.24, 2.45) is 11.8 Å². The van der Waals surface area contributed by atoms with Crippen molar-refractivity contribution in [1.82, 2.24) is 4.31 Å². The Hall–Kier alpha value is 0.0900. The third-order valence-corrected chi connectivity index (χ3v) is 4.37. The molecular weight excluding hydrogens is 234 g/mol. The van der Waals surface area contributed by atoms with Gasteiger partial charge in [-0.25, -0.2) is 4.31 Å². The molecule has 1 saturated heterocycles. The zero-order chi connectivity index (χ0) is 10.8. The van der Waals surface area contributed by atoms with Gasteiger partial charge in [0.25, 0.3) is 0 Å². The van der Waals surface area contributed by atoms with Crippen LogP contribution in [0.1, 0.15) is 12.8 Å². The number of ether oxygens (including phenoxy) is 1. The van der Waals surface area contributed by atoms with Gasteiger partial charge in [0.1, 0.15) is 0 Å². The Bertz CT molecular complexity index is 252. The van der Waals surface area contributed by atoms with Crippen LogP contribution in [0.2, 0.25) is 0 Å². The summed E-state index contributed by atoms with van der Waals surface area (Å²) in [6, 6.07) is 0.436. The maximum Gasteiger partial charge on any atom is 0.305 e. The first-order valence-electron chi connectivity index (χ1n) is 5.10. The van der Waals surface area contributed by atoms with E-state index in [-0.39, 0.29) is 6.42 Å². The van der Waals surface area contributed by atoms with Crippen LogP contribution in [-0.4, -0.2) is 41.2 Å². The molecule has 2 aliphatic rings. The summed E-state index contributed by atoms with van der Waals surface area (Å²) in [6.07, 6.45) is 1.40. The molecule has 2 rings (SSSR count). The lowest BCUT2D eigenvalue weighted by molar-refractivity contribution is -0.138. The monoisotopic (exact) mass is 249 g/mol. The number of hydrogen-bond acceptors (Lipinski definition) is 5. The largest absolute Gasteiger partial charge is 0.481 e. The summed E-state index contributed by atoms with van der Waals surface area (Å²) in [5.74, 6) is 0.790. The number of nitrogens with zero attached hydrogens (tertiary/aromatic N) is 1. The third kappa shape index (κ3) is 2.81. The summed E-state index contributed by atoms with van der Waals surface area (Å²) in [7, 11) is 1.47. The van der Waals surface area contributed by atoms with Gasteiger partial charge in [0.15, 0.2) is 0 Å². The Balaban J connectivity index is 1.67. The van der Waals surface area contributed by atoms with Crippen LogP contribution in [-0.2, 0) is 9.53 Å². The standard InChI is InChI=1S/C9H15NO3S2/c11-9(12)1-2-13-5-8-7-3-6(7)4-10(8)15-14/h6-8,14H,1-5H2,(H,11,12)/t6-,7-,8+/m0/s1. The summed E-state index contributed by atoms with van der Waals surface area (Å²) < 4.78 is 7.63. The van der Waals surface area contributed by atoms with Crippen LogP contribution in [0.5, 0.6) is 0 Å². The van der Waals surface area contributed by atoms with Crippen molar-refractivity contribution in [3.8, 4) is 0 Å². The van der Waals surface area contributed by atoms with Gasteiger partial charge in [-0.1, -0.05) is 11.7 Å². The number of thiol groups is 1. The Kier molecular flexibility index (Phi) is 3.82. The topological polar surface area (TPSA) is 49.8 Å². The molecule has 1 saturated carbocycles. The molecule has 0 spiro atoms. The molecule has 0 aromatic rings. The van der Waals surface area contributed by atoms with E-state index < -0.39 is 5.97 Å². The summed E-state index contributed by atoms with van der Waals surface area (Å²) in [5.41, 5.74) is 0. The molecule has 0 bridgehead atoms. The van der Waals surface area contributed by atoms with Gasteiger partial charge >= 0.3 is 5.97 Å². The lowest BCUT2D eigenvalue weighted by Crippen LogP contribution is -2.31. The molecule has 0 amide bonds. The number of carbonyl (C=O) groups is 1. The second kappa shape index (κ2) is 4.95. The average Bonchev–Trinajstić information content (AvgIpc) is 2.88. The Morgan fingerprint density at radius 3 is 3.13 bits per heavy atom. The van der Waals surface area contributed by atoms with Crippen LogP contribution >= 0.6 is 22.6 Å². The van der Waals surface area contributed by atoms with E-state index in [0.29, 0.717) is 19.3 Å². The number of piperidine rings is 1. The van der Waals surface area contributed by atoms with Crippen LogP contribution in [0.25, 0.3) is 0 Å². The molecule has 0 unspecified atom stereocenters. The van der Waals surface area contributed by atoms with Crippen molar-refractivity contribution >= 4 is 28.6 Å². The molecule has 15 heavy (non-hydrogen) atoms. The van der Waals surface area contributed by atoms with Gasteiger partial charge in [-0.2, -0.15) is 0 Å². The highest BCUT2D eigenvalue weighted by Crippen LogP contribution is 2.52. The van der Waals surface area contributed by atoms with Crippen LogP contribution in [0, 0.1) is 11.8 Å². The minimum Gasteiger partial charge on any atom is -0.481 e. The van der Waals surface area contributed by atoms with Crippen molar-refractivity contribution < 1.29 is 14.6 Å². The summed E-state index contributed by atoms with van der Waals surface area (Å²) >= 11 is 4.21. The molecule has 0 aromatic carbocycles. The molecule has 1 N–H and O–H groups in total. The molecule has 1 heterocycles. The van der Waals surface area contributed by atoms with E-state index in [1.807, 2.05) is 0 Å². The molecule has 0 aromatic heterocycles. The fourth-order valence-corrected chi connectivity index (χ4v) is 3.36. The normalized spacial score (nSPS) is 34.1. The zero-order valence-electron chi connectivity index (χ0n) is 8.33. The summed E-state index contributed by atoms with van der Waals surface area (Å²) in [4.78, 5) is 10.3. The average molecular weight is 249 g/mol. The Morgan fingerprint density at radius 2 is 2.47 bits per heavy atom. The van der Waals surface area contributed by atoms with E-state index >= 15 is 0 Å². The van der Waals surface area contributed by atoms with Crippen molar-refractivity contribution in [3.05, 3.63) is 0 Å². The molecule has 0 radical (unpaired) electrons. The number of fused-ring (bicyclic) bond motifs is 1. The first-order chi connectivity index (χ1) is 7.22. The van der Waals surface area contributed by atoms with Gasteiger partial charge in [0.2, 0.25) is 0 Å². The van der Waals surface area contributed by atoms with Gasteiger partial charge in [0.05, 0.1) is 19.6 Å². The van der Waals surface area contributed by atoms with E-state index in [9.17, 15) is 4.79 Å². The minimum absolute atomic E-state index is 0.0921. The highest BCUT2D eigenvalue weighted by Gasteiger charge is 2.52. The lowest BCUT2D eigenvalue weighted by atomic mass is 10.2. The third-order valence-electron chi connectivity index (χ3n) is 3.11. The highest BCUT2D eigenvalue weighted by atomic mass is 33.1. The van der Waals surface area contributed by atoms with Crippen molar-refractivity contribution in [2.75, 3.05) is 19.8 Å². The quantitative estimate of drug-likeness (QED) is 0.321. The zero-order valence-corrected chi connectivity index (χ0v) is 10.0. The SMILES string of the molecule is O=C(O)CCOC[C@@H]1[C@H]2C[C@H]2CN1SS. The highest BCUT2D eigenvalue weighted by molar-refractivity contribution is 8.67. The lowest BCUT2D eigenvalue weighted by Gasteiger charge is -2.23. The van der Waals surface area contributed by atoms with Crippen LogP contribution in [0.4, 0.5) is 0 Å². The van der Waals surface area contributed by atoms with Crippen molar-refractivity contribution in [2.45, 2.75) is 18.9 Å². The molecule has 1 aliphatic carbocycles. The van der Waals surface area contributed by atoms with E-state index in [1.54, 1.807) is 0 Å². The van der Waals surface area contributed by atoms with Crippen LogP contribution in [0.3, 0.4) is 0 Å². The number of rotatable bonds is 6. The fraction of sp³-hybridized carbons (Fsp3) is 0.889. The van der Waals surface area contributed by atoms with Crippen LogP contribution < -0.4 is 0 Å². The van der Waals surface area contributed by atoms with Gasteiger partial charge in [-0.15, -0.1) is 0 Å². The smallest absolute Gasteiger partial charge is 0.305 e. The number of carboxylic acids is 1. The number of carboxylic acid groups (broad SMARTS) is 1. The van der Waals surface area contributed by atoms with E-state index in [2.05, 4.69) is 16.0 Å². The Morgan fingerprint density at radius 1 is 1.67 bits per heavy atom. The second-order valence-electron chi connectivity index (χ2n) is 4.13. The fourth-order valence-electron chi connectivity index (χ4n) is 2.20. The maximum absolute atomic E-state index is 10.3. The molecule has 4 nitrogen and oxygen atoms in total. The predicted octanol–water partition coefficient (Wildman–Crippen LogP) is 1.29.